The van der Waals surface area contributed by atoms with Crippen LogP contribution in [0.25, 0.3) is 11.0 Å². The maximum Gasteiger partial charge on any atom is 0.336 e. The van der Waals surface area contributed by atoms with E-state index in [0.29, 0.717) is 23.3 Å². The van der Waals surface area contributed by atoms with Crippen LogP contribution in [0.15, 0.2) is 45.6 Å². The zero-order chi connectivity index (χ0) is 16.8. The topological polar surface area (TPSA) is 65.7 Å². The van der Waals surface area contributed by atoms with E-state index in [2.05, 4.69) is 6.58 Å². The van der Waals surface area contributed by atoms with Crippen LogP contribution in [-0.2, 0) is 16.0 Å². The second-order valence-electron chi connectivity index (χ2n) is 6.34. The predicted octanol–water partition coefficient (Wildman–Crippen LogP) is 2.99. The van der Waals surface area contributed by atoms with Crippen LogP contribution in [0.4, 0.5) is 0 Å². The number of esters is 1. The molecule has 0 bridgehead atoms. The first-order valence-corrected chi connectivity index (χ1v) is 7.38. The summed E-state index contributed by atoms with van der Waals surface area (Å²) in [7, 11) is 0. The average Bonchev–Trinajstić information content (AvgIpc) is 2.45. The van der Waals surface area contributed by atoms with Crippen LogP contribution in [0.1, 0.15) is 26.3 Å². The summed E-state index contributed by atoms with van der Waals surface area (Å²) < 4.78 is 16.7. The largest absolute Gasteiger partial charge is 0.484 e. The Morgan fingerprint density at radius 1 is 1.35 bits per heavy atom. The lowest BCUT2D eigenvalue weighted by Gasteiger charge is -2.39. The summed E-state index contributed by atoms with van der Waals surface area (Å²) in [5.41, 5.74) is 0.642. The molecule has 5 nitrogen and oxygen atoms in total. The zero-order valence-corrected chi connectivity index (χ0v) is 13.3. The summed E-state index contributed by atoms with van der Waals surface area (Å²) in [6, 6.07) is 6.69. The fourth-order valence-electron chi connectivity index (χ4n) is 2.61. The molecule has 2 aromatic rings. The maximum absolute atomic E-state index is 11.8. The van der Waals surface area contributed by atoms with Gasteiger partial charge in [0, 0.05) is 29.5 Å². The average molecular weight is 314 g/mol. The molecular weight excluding hydrogens is 296 g/mol. The molecule has 3 rings (SSSR count). The fourth-order valence-corrected chi connectivity index (χ4v) is 2.61. The Hall–Kier alpha value is -2.56. The van der Waals surface area contributed by atoms with E-state index in [1.54, 1.807) is 19.1 Å². The summed E-state index contributed by atoms with van der Waals surface area (Å²) in [6.07, 6.45) is 0.100. The minimum Gasteiger partial charge on any atom is -0.484 e. The Labute approximate surface area is 133 Å². The van der Waals surface area contributed by atoms with Crippen LogP contribution >= 0.6 is 0 Å². The third-order valence-corrected chi connectivity index (χ3v) is 3.95. The molecule has 5 heteroatoms. The van der Waals surface area contributed by atoms with Crippen molar-refractivity contribution in [2.75, 3.05) is 0 Å². The number of benzene rings is 1. The molecule has 0 N–H and O–H groups in total. The number of hydrogen-bond acceptors (Lipinski definition) is 5. The van der Waals surface area contributed by atoms with Crippen molar-refractivity contribution in [2.45, 2.75) is 38.9 Å². The van der Waals surface area contributed by atoms with E-state index in [1.165, 1.54) is 6.07 Å². The Balaban J connectivity index is 2.00. The molecule has 0 unspecified atom stereocenters. The van der Waals surface area contributed by atoms with Crippen molar-refractivity contribution in [3.05, 3.63) is 52.4 Å². The first kappa shape index (κ1) is 15.3. The molecule has 0 aliphatic carbocycles. The highest BCUT2D eigenvalue weighted by molar-refractivity contribution is 5.87. The van der Waals surface area contributed by atoms with E-state index >= 15 is 0 Å². The molecule has 1 aliphatic rings. The van der Waals surface area contributed by atoms with Gasteiger partial charge in [0.05, 0.1) is 0 Å². The van der Waals surface area contributed by atoms with E-state index in [4.69, 9.17) is 13.9 Å². The Kier molecular flexibility index (Phi) is 3.51. The van der Waals surface area contributed by atoms with Crippen molar-refractivity contribution in [2.24, 2.45) is 0 Å². The van der Waals surface area contributed by atoms with E-state index in [1.807, 2.05) is 19.9 Å². The lowest BCUT2D eigenvalue weighted by molar-refractivity contribution is -0.156. The number of carbonyl (C=O) groups excluding carboxylic acids is 1. The summed E-state index contributed by atoms with van der Waals surface area (Å²) in [5, 5.41) is 0.802. The highest BCUT2D eigenvalue weighted by atomic mass is 16.6. The zero-order valence-electron chi connectivity index (χ0n) is 13.3. The fraction of sp³-hybridized carbons (Fsp3) is 0.333. The standard InChI is InChI=1S/C18H18O5/c1-10(2)17(20)22-15-8-12-7-11-5-6-16(19)21-13(11)9-14(12)23-18(15,3)4/h5-7,9,15H,1,8H2,2-4H3/t15-/m1/s1. The summed E-state index contributed by atoms with van der Waals surface area (Å²) in [6.45, 7) is 8.94. The minimum absolute atomic E-state index is 0.354. The molecular formula is C18H18O5. The molecule has 0 fully saturated rings. The monoisotopic (exact) mass is 314 g/mol. The molecule has 120 valence electrons. The highest BCUT2D eigenvalue weighted by Crippen LogP contribution is 2.37. The molecule has 0 saturated carbocycles. The molecule has 0 radical (unpaired) electrons. The Bertz CT molecular complexity index is 859. The van der Waals surface area contributed by atoms with Crippen LogP contribution in [0.3, 0.4) is 0 Å². The van der Waals surface area contributed by atoms with Crippen molar-refractivity contribution >= 4 is 16.9 Å². The Morgan fingerprint density at radius 2 is 2.09 bits per heavy atom. The second kappa shape index (κ2) is 5.26. The van der Waals surface area contributed by atoms with Gasteiger partial charge in [-0.15, -0.1) is 0 Å². The molecule has 23 heavy (non-hydrogen) atoms. The van der Waals surface area contributed by atoms with Gasteiger partial charge in [0.15, 0.2) is 0 Å². The van der Waals surface area contributed by atoms with Gasteiger partial charge >= 0.3 is 11.6 Å². The third-order valence-electron chi connectivity index (χ3n) is 3.95. The molecule has 1 atom stereocenters. The van der Waals surface area contributed by atoms with E-state index < -0.39 is 23.3 Å². The van der Waals surface area contributed by atoms with E-state index in [9.17, 15) is 9.59 Å². The summed E-state index contributed by atoms with van der Waals surface area (Å²) >= 11 is 0. The highest BCUT2D eigenvalue weighted by Gasteiger charge is 2.40. The molecule has 1 aliphatic heterocycles. The summed E-state index contributed by atoms with van der Waals surface area (Å²) in [5.74, 6) is 0.210. The van der Waals surface area contributed by atoms with Crippen molar-refractivity contribution < 1.29 is 18.7 Å². The van der Waals surface area contributed by atoms with E-state index in [-0.39, 0.29) is 0 Å². The number of carbonyl (C=O) groups is 1. The second-order valence-corrected chi connectivity index (χ2v) is 6.34. The van der Waals surface area contributed by atoms with Crippen molar-refractivity contribution in [3.8, 4) is 5.75 Å². The van der Waals surface area contributed by atoms with Gasteiger partial charge in [0.2, 0.25) is 0 Å². The Morgan fingerprint density at radius 3 is 2.78 bits per heavy atom. The summed E-state index contributed by atoms with van der Waals surface area (Å²) in [4.78, 5) is 23.2. The normalized spacial score (nSPS) is 18.8. The van der Waals surface area contributed by atoms with Crippen molar-refractivity contribution in [3.63, 3.8) is 0 Å². The van der Waals surface area contributed by atoms with Crippen LogP contribution in [0, 0.1) is 0 Å². The molecule has 2 heterocycles. The lowest BCUT2D eigenvalue weighted by Crippen LogP contribution is -2.48. The van der Waals surface area contributed by atoms with Crippen molar-refractivity contribution in [1.29, 1.82) is 0 Å². The van der Waals surface area contributed by atoms with Crippen LogP contribution in [-0.4, -0.2) is 17.7 Å². The quantitative estimate of drug-likeness (QED) is 0.484. The first-order chi connectivity index (χ1) is 10.8. The van der Waals surface area contributed by atoms with Gasteiger partial charge in [-0.1, -0.05) is 6.58 Å². The van der Waals surface area contributed by atoms with E-state index in [0.717, 1.165) is 10.9 Å². The van der Waals surface area contributed by atoms with Crippen LogP contribution in [0.5, 0.6) is 5.75 Å². The van der Waals surface area contributed by atoms with Gasteiger partial charge in [-0.2, -0.15) is 0 Å². The minimum atomic E-state index is -0.694. The van der Waals surface area contributed by atoms with Crippen LogP contribution < -0.4 is 10.4 Å². The lowest BCUT2D eigenvalue weighted by atomic mass is 9.90. The first-order valence-electron chi connectivity index (χ1n) is 7.38. The molecule has 0 saturated heterocycles. The predicted molar refractivity (Wildman–Crippen MR) is 85.6 cm³/mol. The number of fused-ring (bicyclic) bond motifs is 2. The maximum atomic E-state index is 11.8. The molecule has 1 aromatic heterocycles. The number of ether oxygens (including phenoxy) is 2. The smallest absolute Gasteiger partial charge is 0.336 e. The van der Waals surface area contributed by atoms with Gasteiger partial charge in [0.25, 0.3) is 0 Å². The SMILES string of the molecule is C=C(C)C(=O)O[C@@H]1Cc2cc3ccc(=O)oc3cc2OC1(C)C. The molecule has 1 aromatic carbocycles. The van der Waals surface area contributed by atoms with Gasteiger partial charge in [-0.05, 0) is 38.5 Å². The molecule has 0 spiro atoms. The van der Waals surface area contributed by atoms with Gasteiger partial charge in [-0.3, -0.25) is 0 Å². The van der Waals surface area contributed by atoms with Gasteiger partial charge in [-0.25, -0.2) is 9.59 Å². The number of rotatable bonds is 2. The molecule has 0 amide bonds. The number of hydrogen-bond donors (Lipinski definition) is 0. The van der Waals surface area contributed by atoms with Gasteiger partial charge < -0.3 is 13.9 Å². The van der Waals surface area contributed by atoms with Crippen LogP contribution in [0.2, 0.25) is 0 Å². The van der Waals surface area contributed by atoms with Gasteiger partial charge in [0.1, 0.15) is 23.0 Å². The third kappa shape index (κ3) is 2.86. The van der Waals surface area contributed by atoms with Crippen molar-refractivity contribution in [1.82, 2.24) is 0 Å².